The van der Waals surface area contributed by atoms with E-state index in [-0.39, 0.29) is 0 Å². The maximum Gasteiger partial charge on any atom is 0.330 e. The molecular weight excluding hydrogens is 123 g/mol. The zero-order valence-electron chi connectivity index (χ0n) is 4.70. The second-order valence-electron chi connectivity index (χ2n) is 1.34. The highest BCUT2D eigenvalue weighted by Crippen LogP contribution is 1.80. The first-order chi connectivity index (χ1) is 4.22. The van der Waals surface area contributed by atoms with Crippen molar-refractivity contribution in [3.8, 4) is 0 Å². The van der Waals surface area contributed by atoms with Crippen LogP contribution >= 0.6 is 0 Å². The van der Waals surface area contributed by atoms with E-state index in [1.165, 1.54) is 0 Å². The first kappa shape index (κ1) is 7.68. The van der Waals surface area contributed by atoms with Crippen molar-refractivity contribution in [3.63, 3.8) is 0 Å². The van der Waals surface area contributed by atoms with Crippen molar-refractivity contribution < 1.29 is 14.7 Å². The van der Waals surface area contributed by atoms with Gasteiger partial charge in [0.1, 0.15) is 6.04 Å². The Morgan fingerprint density at radius 2 is 2.33 bits per heavy atom. The average Bonchev–Trinajstić information content (AvgIpc) is 1.82. The van der Waals surface area contributed by atoms with Crippen LogP contribution < -0.4 is 5.32 Å². The van der Waals surface area contributed by atoms with Crippen LogP contribution in [0.2, 0.25) is 0 Å². The Morgan fingerprint density at radius 3 is 2.44 bits per heavy atom. The Kier molecular flexibility index (Phi) is 3.12. The fraction of sp³-hybridized carbons (Fsp3) is 0.200. The highest BCUT2D eigenvalue weighted by Gasteiger charge is 2.09. The standard InChI is InChI=1S/C5H7NO3/c1-2-4(5(8)9)6-3-7/h2-4H,1H2,(H,6,7)(H,8,9)/i5+1. The van der Waals surface area contributed by atoms with E-state index in [9.17, 15) is 9.59 Å². The summed E-state index contributed by atoms with van der Waals surface area (Å²) >= 11 is 0. The summed E-state index contributed by atoms with van der Waals surface area (Å²) in [5, 5.41) is 10.2. The molecule has 0 aliphatic heterocycles. The molecule has 0 aromatic carbocycles. The normalized spacial score (nSPS) is 11.6. The smallest absolute Gasteiger partial charge is 0.330 e. The Bertz CT molecular complexity index is 132. The largest absolute Gasteiger partial charge is 0.479 e. The van der Waals surface area contributed by atoms with Gasteiger partial charge in [0, 0.05) is 0 Å². The Labute approximate surface area is 52.2 Å². The van der Waals surface area contributed by atoms with Gasteiger partial charge < -0.3 is 10.4 Å². The van der Waals surface area contributed by atoms with Gasteiger partial charge in [0.25, 0.3) is 0 Å². The quantitative estimate of drug-likeness (QED) is 0.302. The van der Waals surface area contributed by atoms with Crippen molar-refractivity contribution in [2.75, 3.05) is 0 Å². The van der Waals surface area contributed by atoms with E-state index in [1.807, 2.05) is 5.32 Å². The molecule has 0 aliphatic carbocycles. The lowest BCUT2D eigenvalue weighted by atomic mass is 10.4. The molecule has 4 heteroatoms. The molecule has 2 N–H and O–H groups in total. The number of nitrogens with one attached hydrogen (secondary N) is 1. The third-order valence-electron chi connectivity index (χ3n) is 0.749. The highest BCUT2D eigenvalue weighted by atomic mass is 16.5. The molecule has 0 rings (SSSR count). The van der Waals surface area contributed by atoms with Crippen molar-refractivity contribution in [1.82, 2.24) is 5.32 Å². The minimum atomic E-state index is -1.11. The number of carboxylic acids is 1. The van der Waals surface area contributed by atoms with Crippen LogP contribution in [0.15, 0.2) is 12.7 Å². The first-order valence-corrected chi connectivity index (χ1v) is 2.27. The molecule has 0 radical (unpaired) electrons. The van der Waals surface area contributed by atoms with E-state index < -0.39 is 12.0 Å². The summed E-state index contributed by atoms with van der Waals surface area (Å²) in [5.41, 5.74) is 0. The van der Waals surface area contributed by atoms with Gasteiger partial charge in [-0.05, 0) is 0 Å². The van der Waals surface area contributed by atoms with Crippen molar-refractivity contribution in [3.05, 3.63) is 12.7 Å². The van der Waals surface area contributed by atoms with Gasteiger partial charge in [0.05, 0.1) is 0 Å². The number of aliphatic carboxylic acids is 1. The fourth-order valence-electron chi connectivity index (χ4n) is 0.313. The van der Waals surface area contributed by atoms with Crippen molar-refractivity contribution in [2.24, 2.45) is 0 Å². The zero-order chi connectivity index (χ0) is 7.28. The predicted molar refractivity (Wildman–Crippen MR) is 30.8 cm³/mol. The van der Waals surface area contributed by atoms with Crippen molar-refractivity contribution in [2.45, 2.75) is 6.04 Å². The monoisotopic (exact) mass is 130 g/mol. The summed E-state index contributed by atoms with van der Waals surface area (Å²) in [7, 11) is 0. The average molecular weight is 130 g/mol. The number of carbonyl (C=O) groups is 2. The number of rotatable bonds is 4. The highest BCUT2D eigenvalue weighted by molar-refractivity contribution is 5.78. The number of amides is 1. The van der Waals surface area contributed by atoms with Crippen molar-refractivity contribution in [1.29, 1.82) is 0 Å². The van der Waals surface area contributed by atoms with Gasteiger partial charge in [-0.25, -0.2) is 4.79 Å². The summed E-state index contributed by atoms with van der Waals surface area (Å²) in [5.74, 6) is -1.11. The Morgan fingerprint density at radius 1 is 1.78 bits per heavy atom. The lowest BCUT2D eigenvalue weighted by molar-refractivity contribution is -0.139. The van der Waals surface area contributed by atoms with Gasteiger partial charge in [-0.15, -0.1) is 6.58 Å². The lowest BCUT2D eigenvalue weighted by Gasteiger charge is -2.02. The lowest BCUT2D eigenvalue weighted by Crippen LogP contribution is -2.33. The fourth-order valence-corrected chi connectivity index (χ4v) is 0.313. The van der Waals surface area contributed by atoms with Crippen LogP contribution in [0.5, 0.6) is 0 Å². The molecule has 0 saturated heterocycles. The van der Waals surface area contributed by atoms with Gasteiger partial charge in [0.2, 0.25) is 6.41 Å². The van der Waals surface area contributed by atoms with E-state index in [2.05, 4.69) is 6.58 Å². The van der Waals surface area contributed by atoms with Crippen LogP contribution in [-0.4, -0.2) is 23.5 Å². The number of hydrogen-bond acceptors (Lipinski definition) is 2. The molecule has 0 fully saturated rings. The van der Waals surface area contributed by atoms with Gasteiger partial charge in [-0.2, -0.15) is 0 Å². The maximum absolute atomic E-state index is 10.0. The molecule has 0 aromatic heterocycles. The molecule has 0 heterocycles. The molecule has 0 aromatic rings. The van der Waals surface area contributed by atoms with E-state index in [0.717, 1.165) is 6.08 Å². The number of hydrogen-bond donors (Lipinski definition) is 2. The van der Waals surface area contributed by atoms with E-state index >= 15 is 0 Å². The molecule has 0 saturated carbocycles. The van der Waals surface area contributed by atoms with Crippen LogP contribution in [0.3, 0.4) is 0 Å². The number of carboxylic acid groups (broad SMARTS) is 1. The summed E-state index contributed by atoms with van der Waals surface area (Å²) < 4.78 is 0. The molecule has 0 spiro atoms. The zero-order valence-corrected chi connectivity index (χ0v) is 4.70. The second kappa shape index (κ2) is 3.65. The third-order valence-corrected chi connectivity index (χ3v) is 0.749. The molecule has 1 atom stereocenters. The molecule has 0 aliphatic rings. The number of carbonyl (C=O) groups excluding carboxylic acids is 1. The SMILES string of the molecule is C=CC(NC=O)[13C](=O)O. The summed E-state index contributed by atoms with van der Waals surface area (Å²) in [6, 6.07) is -0.970. The minimum Gasteiger partial charge on any atom is -0.479 e. The van der Waals surface area contributed by atoms with E-state index in [1.54, 1.807) is 0 Å². The van der Waals surface area contributed by atoms with Crippen LogP contribution in [0, 0.1) is 0 Å². The van der Waals surface area contributed by atoms with Gasteiger partial charge in [-0.1, -0.05) is 6.08 Å². The van der Waals surface area contributed by atoms with E-state index in [4.69, 9.17) is 5.11 Å². The van der Waals surface area contributed by atoms with Crippen LogP contribution in [0.1, 0.15) is 0 Å². The third kappa shape index (κ3) is 2.48. The van der Waals surface area contributed by atoms with Crippen LogP contribution in [0.25, 0.3) is 0 Å². The predicted octanol–water partition coefficient (Wildman–Crippen LogP) is -0.628. The first-order valence-electron chi connectivity index (χ1n) is 2.27. The Hall–Kier alpha value is -1.32. The molecular formula is C5H7NO3. The van der Waals surface area contributed by atoms with Crippen molar-refractivity contribution >= 4 is 12.4 Å². The molecule has 1 unspecified atom stereocenters. The molecule has 0 bridgehead atoms. The minimum absolute atomic E-state index is 0.320. The maximum atomic E-state index is 10.0. The van der Waals surface area contributed by atoms with Gasteiger partial charge in [0.15, 0.2) is 0 Å². The molecule has 50 valence electrons. The second-order valence-corrected chi connectivity index (χ2v) is 1.34. The molecule has 4 nitrogen and oxygen atoms in total. The summed E-state index contributed by atoms with van der Waals surface area (Å²) in [6.07, 6.45) is 1.46. The van der Waals surface area contributed by atoms with Crippen LogP contribution in [-0.2, 0) is 9.59 Å². The van der Waals surface area contributed by atoms with Crippen LogP contribution in [0.4, 0.5) is 0 Å². The van der Waals surface area contributed by atoms with E-state index in [0.29, 0.717) is 6.41 Å². The summed E-state index contributed by atoms with van der Waals surface area (Å²) in [6.45, 7) is 3.20. The van der Waals surface area contributed by atoms with Gasteiger partial charge >= 0.3 is 5.97 Å². The topological polar surface area (TPSA) is 66.4 Å². The molecule has 9 heavy (non-hydrogen) atoms. The summed E-state index contributed by atoms with van der Waals surface area (Å²) in [4.78, 5) is 19.7. The van der Waals surface area contributed by atoms with Gasteiger partial charge in [-0.3, -0.25) is 4.79 Å². The molecule has 1 amide bonds. The Balaban J connectivity index is 3.81.